The van der Waals surface area contributed by atoms with Gasteiger partial charge in [-0.1, -0.05) is 0 Å². The van der Waals surface area contributed by atoms with Crippen LogP contribution in [-0.2, 0) is 16.6 Å². The standard InChI is InChI=1S/C7H9N3O2S2/c1-6(4-8)14(11,12)10-5-7-9-2-3-13-7/h2-3,6,10H,5H2,1H3. The Balaban J connectivity index is 2.58. The first-order valence-corrected chi connectivity index (χ1v) is 6.25. The van der Waals surface area contributed by atoms with Crippen LogP contribution in [0.2, 0.25) is 0 Å². The van der Waals surface area contributed by atoms with Gasteiger partial charge in [-0.3, -0.25) is 0 Å². The molecular weight excluding hydrogens is 222 g/mol. The average Bonchev–Trinajstić information content (AvgIpc) is 2.66. The summed E-state index contributed by atoms with van der Waals surface area (Å²) < 4.78 is 24.9. The summed E-state index contributed by atoms with van der Waals surface area (Å²) in [5.74, 6) is 0. The van der Waals surface area contributed by atoms with Crippen LogP contribution in [0.25, 0.3) is 0 Å². The van der Waals surface area contributed by atoms with Gasteiger partial charge in [-0.2, -0.15) is 5.26 Å². The maximum absolute atomic E-state index is 11.3. The lowest BCUT2D eigenvalue weighted by Crippen LogP contribution is -2.31. The van der Waals surface area contributed by atoms with E-state index in [-0.39, 0.29) is 6.54 Å². The number of nitriles is 1. The predicted octanol–water partition coefficient (Wildman–Crippen LogP) is 0.475. The van der Waals surface area contributed by atoms with Crippen LogP contribution in [0.3, 0.4) is 0 Å². The highest BCUT2D eigenvalue weighted by atomic mass is 32.2. The molecule has 0 fully saturated rings. The minimum Gasteiger partial charge on any atom is -0.248 e. The van der Waals surface area contributed by atoms with E-state index in [2.05, 4.69) is 9.71 Å². The van der Waals surface area contributed by atoms with Crippen LogP contribution in [0.5, 0.6) is 0 Å². The number of sulfonamides is 1. The minimum atomic E-state index is -3.53. The van der Waals surface area contributed by atoms with Crippen LogP contribution in [-0.4, -0.2) is 18.7 Å². The fourth-order valence-electron chi connectivity index (χ4n) is 0.697. The summed E-state index contributed by atoms with van der Waals surface area (Å²) >= 11 is 1.36. The number of rotatable bonds is 4. The topological polar surface area (TPSA) is 82.8 Å². The average molecular weight is 231 g/mol. The molecule has 0 aliphatic heterocycles. The molecule has 1 aromatic rings. The zero-order chi connectivity index (χ0) is 10.6. The second-order valence-corrected chi connectivity index (χ2v) is 5.63. The lowest BCUT2D eigenvalue weighted by Gasteiger charge is -2.05. The monoisotopic (exact) mass is 231 g/mol. The van der Waals surface area contributed by atoms with Gasteiger partial charge in [-0.25, -0.2) is 18.1 Å². The molecule has 5 nitrogen and oxygen atoms in total. The van der Waals surface area contributed by atoms with Gasteiger partial charge in [0.25, 0.3) is 0 Å². The van der Waals surface area contributed by atoms with Gasteiger partial charge >= 0.3 is 0 Å². The zero-order valence-corrected chi connectivity index (χ0v) is 9.10. The number of hydrogen-bond donors (Lipinski definition) is 1. The summed E-state index contributed by atoms with van der Waals surface area (Å²) in [7, 11) is -3.53. The van der Waals surface area contributed by atoms with E-state index in [0.29, 0.717) is 5.01 Å². The van der Waals surface area contributed by atoms with Crippen LogP contribution in [0.15, 0.2) is 11.6 Å². The van der Waals surface area contributed by atoms with Crippen molar-refractivity contribution in [1.82, 2.24) is 9.71 Å². The van der Waals surface area contributed by atoms with Crippen LogP contribution in [0, 0.1) is 11.3 Å². The molecule has 14 heavy (non-hydrogen) atoms. The summed E-state index contributed by atoms with van der Waals surface area (Å²) in [5, 5.41) is 9.85. The summed E-state index contributed by atoms with van der Waals surface area (Å²) in [6.45, 7) is 1.48. The molecule has 0 saturated carbocycles. The van der Waals surface area contributed by atoms with Crippen LogP contribution in [0.4, 0.5) is 0 Å². The normalized spacial score (nSPS) is 13.4. The second kappa shape index (κ2) is 4.50. The molecule has 0 aliphatic rings. The molecule has 1 atom stereocenters. The summed E-state index contributed by atoms with van der Waals surface area (Å²) in [6, 6.07) is 1.67. The van der Waals surface area contributed by atoms with Crippen molar-refractivity contribution >= 4 is 21.4 Å². The molecule has 1 N–H and O–H groups in total. The third kappa shape index (κ3) is 2.77. The quantitative estimate of drug-likeness (QED) is 0.816. The van der Waals surface area contributed by atoms with Gasteiger partial charge in [0.05, 0.1) is 12.6 Å². The van der Waals surface area contributed by atoms with E-state index in [0.717, 1.165) is 0 Å². The van der Waals surface area contributed by atoms with Crippen LogP contribution < -0.4 is 4.72 Å². The van der Waals surface area contributed by atoms with E-state index in [4.69, 9.17) is 5.26 Å². The molecule has 7 heteroatoms. The van der Waals surface area contributed by atoms with Gasteiger partial charge in [-0.15, -0.1) is 11.3 Å². The number of hydrogen-bond acceptors (Lipinski definition) is 5. The van der Waals surface area contributed by atoms with Crippen LogP contribution >= 0.6 is 11.3 Å². The highest BCUT2D eigenvalue weighted by molar-refractivity contribution is 7.90. The van der Waals surface area contributed by atoms with E-state index in [1.165, 1.54) is 18.3 Å². The van der Waals surface area contributed by atoms with Gasteiger partial charge in [0.1, 0.15) is 5.01 Å². The summed E-state index contributed by atoms with van der Waals surface area (Å²) in [5.41, 5.74) is 0. The molecule has 0 aliphatic carbocycles. The molecule has 1 rings (SSSR count). The van der Waals surface area contributed by atoms with E-state index >= 15 is 0 Å². The van der Waals surface area contributed by atoms with E-state index < -0.39 is 15.3 Å². The Morgan fingerprint density at radius 3 is 3.00 bits per heavy atom. The van der Waals surface area contributed by atoms with Crippen molar-refractivity contribution in [3.63, 3.8) is 0 Å². The van der Waals surface area contributed by atoms with Gasteiger partial charge in [-0.05, 0) is 6.92 Å². The van der Waals surface area contributed by atoms with Gasteiger partial charge in [0.2, 0.25) is 10.0 Å². The first-order chi connectivity index (χ1) is 6.56. The Morgan fingerprint density at radius 1 is 1.79 bits per heavy atom. The van der Waals surface area contributed by atoms with Crippen molar-refractivity contribution in [2.24, 2.45) is 0 Å². The second-order valence-electron chi connectivity index (χ2n) is 2.56. The lowest BCUT2D eigenvalue weighted by atomic mass is 10.5. The molecule has 1 unspecified atom stereocenters. The molecule has 0 radical (unpaired) electrons. The minimum absolute atomic E-state index is 0.145. The van der Waals surface area contributed by atoms with Crippen molar-refractivity contribution in [3.8, 4) is 6.07 Å². The predicted molar refractivity (Wildman–Crippen MR) is 52.9 cm³/mol. The molecule has 0 spiro atoms. The van der Waals surface area contributed by atoms with E-state index in [9.17, 15) is 8.42 Å². The van der Waals surface area contributed by atoms with E-state index in [1.54, 1.807) is 17.6 Å². The van der Waals surface area contributed by atoms with Crippen LogP contribution in [0.1, 0.15) is 11.9 Å². The van der Waals surface area contributed by atoms with Gasteiger partial charge in [0.15, 0.2) is 5.25 Å². The molecule has 1 aromatic heterocycles. The number of aromatic nitrogens is 1. The molecular formula is C7H9N3O2S2. The molecule has 0 saturated heterocycles. The number of nitrogens with one attached hydrogen (secondary N) is 1. The largest absolute Gasteiger partial charge is 0.248 e. The zero-order valence-electron chi connectivity index (χ0n) is 7.47. The molecule has 1 heterocycles. The maximum atomic E-state index is 11.3. The van der Waals surface area contributed by atoms with E-state index in [1.807, 2.05) is 0 Å². The molecule has 0 bridgehead atoms. The first kappa shape index (κ1) is 11.1. The Labute approximate surface area is 86.5 Å². The SMILES string of the molecule is CC(C#N)S(=O)(=O)NCc1nccs1. The fourth-order valence-corrected chi connectivity index (χ4v) is 2.07. The van der Waals surface area contributed by atoms with Crippen molar-refractivity contribution in [2.75, 3.05) is 0 Å². The molecule has 76 valence electrons. The first-order valence-electron chi connectivity index (χ1n) is 3.82. The van der Waals surface area contributed by atoms with Gasteiger partial charge in [0, 0.05) is 11.6 Å². The smallest absolute Gasteiger partial charge is 0.228 e. The Morgan fingerprint density at radius 2 is 2.50 bits per heavy atom. The van der Waals surface area contributed by atoms with Crippen molar-refractivity contribution < 1.29 is 8.42 Å². The highest BCUT2D eigenvalue weighted by Crippen LogP contribution is 2.05. The Hall–Kier alpha value is -0.970. The van der Waals surface area contributed by atoms with Crippen molar-refractivity contribution in [2.45, 2.75) is 18.7 Å². The Kier molecular flexibility index (Phi) is 3.57. The third-order valence-electron chi connectivity index (χ3n) is 1.56. The highest BCUT2D eigenvalue weighted by Gasteiger charge is 2.19. The lowest BCUT2D eigenvalue weighted by molar-refractivity contribution is 0.576. The van der Waals surface area contributed by atoms with Gasteiger partial charge < -0.3 is 0 Å². The fraction of sp³-hybridized carbons (Fsp3) is 0.429. The van der Waals surface area contributed by atoms with Crippen molar-refractivity contribution in [1.29, 1.82) is 5.26 Å². The summed E-state index contributed by atoms with van der Waals surface area (Å²) in [6.07, 6.45) is 1.60. The maximum Gasteiger partial charge on any atom is 0.228 e. The molecule has 0 aromatic carbocycles. The van der Waals surface area contributed by atoms with Crippen molar-refractivity contribution in [3.05, 3.63) is 16.6 Å². The molecule has 0 amide bonds. The number of thiazole rings is 1. The third-order valence-corrected chi connectivity index (χ3v) is 3.92. The number of nitrogens with zero attached hydrogens (tertiary/aromatic N) is 2. The Bertz CT molecular complexity index is 418. The summed E-state index contributed by atoms with van der Waals surface area (Å²) in [4.78, 5) is 3.91.